The minimum Gasteiger partial charge on any atom is -0.295 e. The van der Waals surface area contributed by atoms with Gasteiger partial charge in [-0.15, -0.1) is 0 Å². The van der Waals surface area contributed by atoms with Gasteiger partial charge in [0.1, 0.15) is 0 Å². The highest BCUT2D eigenvalue weighted by Crippen LogP contribution is 2.26. The second kappa shape index (κ2) is 9.20. The standard InChI is InChI=1S/C25H20BrN4O2/c1-17-6-8-21(9-7-17)25(32)30(29-14-4-3-5-15-29)24-23(26)28-22(16-27-24)20-12-10-19(11-13-20)18(2)31/h3-16H,1-2H3/q+1. The lowest BCUT2D eigenvalue weighted by Gasteiger charge is -2.16. The van der Waals surface area contributed by atoms with Crippen molar-refractivity contribution in [2.45, 2.75) is 13.8 Å². The first-order valence-corrected chi connectivity index (χ1v) is 10.7. The maximum absolute atomic E-state index is 13.5. The Hall–Kier alpha value is -3.71. The van der Waals surface area contributed by atoms with Crippen molar-refractivity contribution in [3.05, 3.63) is 107 Å². The van der Waals surface area contributed by atoms with E-state index in [0.717, 1.165) is 11.1 Å². The number of benzene rings is 2. The SMILES string of the molecule is CC(=O)c1ccc(-c2cnc(N(C(=O)c3ccc(C)cc3)[n+]3ccccc3)c(Br)n2)cc1. The van der Waals surface area contributed by atoms with Crippen molar-refractivity contribution in [3.8, 4) is 11.3 Å². The van der Waals surface area contributed by atoms with E-state index in [2.05, 4.69) is 25.9 Å². The zero-order chi connectivity index (χ0) is 22.7. The van der Waals surface area contributed by atoms with E-state index in [0.29, 0.717) is 27.2 Å². The molecule has 1 amide bonds. The van der Waals surface area contributed by atoms with Gasteiger partial charge in [-0.2, -0.15) is 0 Å². The predicted octanol–water partition coefficient (Wildman–Crippen LogP) is 4.81. The number of aromatic nitrogens is 3. The van der Waals surface area contributed by atoms with Crippen LogP contribution in [0.2, 0.25) is 0 Å². The van der Waals surface area contributed by atoms with Crippen LogP contribution in [0.15, 0.2) is 89.9 Å². The van der Waals surface area contributed by atoms with Gasteiger partial charge in [0, 0.05) is 28.8 Å². The summed E-state index contributed by atoms with van der Waals surface area (Å²) in [5.74, 6) is 0.120. The Morgan fingerprint density at radius 1 is 0.906 bits per heavy atom. The number of hydrogen-bond donors (Lipinski definition) is 0. The topological polar surface area (TPSA) is 67.0 Å². The van der Waals surface area contributed by atoms with Crippen molar-refractivity contribution >= 4 is 33.4 Å². The van der Waals surface area contributed by atoms with E-state index in [1.807, 2.05) is 49.4 Å². The molecule has 0 atom stereocenters. The van der Waals surface area contributed by atoms with Crippen molar-refractivity contribution in [1.29, 1.82) is 0 Å². The van der Waals surface area contributed by atoms with Gasteiger partial charge in [-0.25, -0.2) is 9.97 Å². The quantitative estimate of drug-likeness (QED) is 0.299. The third kappa shape index (κ3) is 4.48. The molecule has 0 saturated carbocycles. The lowest BCUT2D eigenvalue weighted by Crippen LogP contribution is -2.57. The summed E-state index contributed by atoms with van der Waals surface area (Å²) in [5, 5.41) is 1.46. The maximum atomic E-state index is 13.5. The van der Waals surface area contributed by atoms with E-state index in [1.165, 1.54) is 11.9 Å². The second-order valence-corrected chi connectivity index (χ2v) is 7.99. The minimum atomic E-state index is -0.241. The monoisotopic (exact) mass is 487 g/mol. The third-order valence-corrected chi connectivity index (χ3v) is 5.45. The summed E-state index contributed by atoms with van der Waals surface area (Å²) >= 11 is 3.50. The number of anilines is 1. The van der Waals surface area contributed by atoms with Gasteiger partial charge in [0.2, 0.25) is 18.2 Å². The number of ketones is 1. The lowest BCUT2D eigenvalue weighted by atomic mass is 10.1. The van der Waals surface area contributed by atoms with Crippen LogP contribution in [0.25, 0.3) is 11.3 Å². The third-order valence-electron chi connectivity index (χ3n) is 4.92. The molecule has 7 heteroatoms. The molecule has 4 aromatic rings. The van der Waals surface area contributed by atoms with E-state index >= 15 is 0 Å². The first-order valence-electron chi connectivity index (χ1n) is 9.95. The number of carbonyl (C=O) groups is 2. The zero-order valence-corrected chi connectivity index (χ0v) is 19.2. The van der Waals surface area contributed by atoms with Gasteiger partial charge in [0.25, 0.3) is 0 Å². The number of aryl methyl sites for hydroxylation is 1. The molecule has 32 heavy (non-hydrogen) atoms. The van der Waals surface area contributed by atoms with E-state index in [4.69, 9.17) is 0 Å². The highest BCUT2D eigenvalue weighted by Gasteiger charge is 2.30. The molecule has 2 aromatic heterocycles. The van der Waals surface area contributed by atoms with Crippen molar-refractivity contribution in [2.75, 3.05) is 5.01 Å². The van der Waals surface area contributed by atoms with Gasteiger partial charge >= 0.3 is 5.91 Å². The molecule has 0 N–H and O–H groups in total. The lowest BCUT2D eigenvalue weighted by molar-refractivity contribution is -0.674. The molecule has 4 rings (SSSR count). The molecule has 0 saturated heterocycles. The average molecular weight is 488 g/mol. The van der Waals surface area contributed by atoms with Crippen LogP contribution in [0.5, 0.6) is 0 Å². The summed E-state index contributed by atoms with van der Waals surface area (Å²) in [6.07, 6.45) is 5.16. The molecule has 2 aromatic carbocycles. The van der Waals surface area contributed by atoms with Crippen LogP contribution in [0.3, 0.4) is 0 Å². The van der Waals surface area contributed by atoms with Crippen molar-refractivity contribution < 1.29 is 14.3 Å². The van der Waals surface area contributed by atoms with Crippen LogP contribution >= 0.6 is 15.9 Å². The largest absolute Gasteiger partial charge is 0.316 e. The van der Waals surface area contributed by atoms with Gasteiger partial charge in [-0.1, -0.05) is 57.7 Å². The van der Waals surface area contributed by atoms with Crippen molar-refractivity contribution in [1.82, 2.24) is 9.97 Å². The zero-order valence-electron chi connectivity index (χ0n) is 17.6. The Labute approximate surface area is 194 Å². The molecule has 0 aliphatic carbocycles. The highest BCUT2D eigenvalue weighted by molar-refractivity contribution is 9.10. The van der Waals surface area contributed by atoms with Crippen LogP contribution in [0.4, 0.5) is 5.82 Å². The Morgan fingerprint density at radius 3 is 2.12 bits per heavy atom. The molecule has 0 bridgehead atoms. The molecule has 0 fully saturated rings. The molecule has 158 valence electrons. The van der Waals surface area contributed by atoms with Crippen LogP contribution in [0, 0.1) is 6.92 Å². The van der Waals surface area contributed by atoms with Crippen molar-refractivity contribution in [2.24, 2.45) is 0 Å². The molecule has 0 spiro atoms. The summed E-state index contributed by atoms with van der Waals surface area (Å²) < 4.78 is 2.08. The number of rotatable bonds is 5. The predicted molar refractivity (Wildman–Crippen MR) is 125 cm³/mol. The fourth-order valence-electron chi connectivity index (χ4n) is 3.17. The summed E-state index contributed by atoms with van der Waals surface area (Å²) in [6.45, 7) is 3.50. The van der Waals surface area contributed by atoms with Gasteiger partial charge in [0.15, 0.2) is 10.4 Å². The van der Waals surface area contributed by atoms with Crippen LogP contribution in [0.1, 0.15) is 33.2 Å². The number of amides is 1. The molecule has 0 radical (unpaired) electrons. The number of pyridine rings is 1. The first-order chi connectivity index (χ1) is 15.4. The minimum absolute atomic E-state index is 0.00399. The van der Waals surface area contributed by atoms with Gasteiger partial charge in [-0.05, 0) is 41.9 Å². The van der Waals surface area contributed by atoms with E-state index in [1.54, 1.807) is 47.5 Å². The second-order valence-electron chi connectivity index (χ2n) is 7.24. The van der Waals surface area contributed by atoms with Crippen LogP contribution < -0.4 is 9.69 Å². The smallest absolute Gasteiger partial charge is 0.295 e. The number of Topliss-reactive ketones (excluding diaryl/α,β-unsaturated/α-hetero) is 1. The summed E-state index contributed by atoms with van der Waals surface area (Å²) in [6, 6.07) is 20.1. The average Bonchev–Trinajstić information content (AvgIpc) is 2.81. The highest BCUT2D eigenvalue weighted by atomic mass is 79.9. The fourth-order valence-corrected chi connectivity index (χ4v) is 3.63. The van der Waals surface area contributed by atoms with Gasteiger partial charge < -0.3 is 0 Å². The molecule has 6 nitrogen and oxygen atoms in total. The Morgan fingerprint density at radius 2 is 1.53 bits per heavy atom. The summed E-state index contributed by atoms with van der Waals surface area (Å²) in [5.41, 5.74) is 3.67. The number of carbonyl (C=O) groups excluding carboxylic acids is 2. The molecular formula is C25H20BrN4O2+. The van der Waals surface area contributed by atoms with E-state index < -0.39 is 0 Å². The normalized spacial score (nSPS) is 10.6. The first kappa shape index (κ1) is 21.5. The Balaban J connectivity index is 1.75. The van der Waals surface area contributed by atoms with E-state index in [9.17, 15) is 9.59 Å². The molecule has 0 aliphatic heterocycles. The number of halogens is 1. The van der Waals surface area contributed by atoms with Gasteiger partial charge in [-0.3, -0.25) is 9.59 Å². The van der Waals surface area contributed by atoms with Crippen LogP contribution in [-0.2, 0) is 0 Å². The Kier molecular flexibility index (Phi) is 6.18. The molecular weight excluding hydrogens is 468 g/mol. The van der Waals surface area contributed by atoms with Crippen LogP contribution in [-0.4, -0.2) is 21.7 Å². The van der Waals surface area contributed by atoms with E-state index in [-0.39, 0.29) is 11.7 Å². The molecule has 0 aliphatic rings. The molecule has 0 unspecified atom stereocenters. The van der Waals surface area contributed by atoms with Crippen molar-refractivity contribution in [3.63, 3.8) is 0 Å². The fraction of sp³-hybridized carbons (Fsp3) is 0.0800. The number of hydrogen-bond acceptors (Lipinski definition) is 4. The number of nitrogens with zero attached hydrogens (tertiary/aromatic N) is 4. The Bertz CT molecular complexity index is 1270. The summed E-state index contributed by atoms with van der Waals surface area (Å²) in [4.78, 5) is 34.2. The summed E-state index contributed by atoms with van der Waals surface area (Å²) in [7, 11) is 0. The molecule has 2 heterocycles. The van der Waals surface area contributed by atoms with Gasteiger partial charge in [0.05, 0.1) is 11.9 Å². The maximum Gasteiger partial charge on any atom is 0.316 e.